The van der Waals surface area contributed by atoms with Crippen molar-refractivity contribution in [2.24, 2.45) is 10.9 Å². The molecule has 0 aliphatic carbocycles. The van der Waals surface area contributed by atoms with Crippen LogP contribution in [0.1, 0.15) is 38.8 Å². The molecule has 4 nitrogen and oxygen atoms in total. The fraction of sp³-hybridized carbons (Fsp3) is 0.444. The fourth-order valence-electron chi connectivity index (χ4n) is 2.34. The van der Waals surface area contributed by atoms with Gasteiger partial charge in [0.15, 0.2) is 0 Å². The van der Waals surface area contributed by atoms with E-state index in [1.54, 1.807) is 6.08 Å². The molecule has 2 unspecified atom stereocenters. The largest absolute Gasteiger partial charge is 0.573 e. The highest BCUT2D eigenvalue weighted by molar-refractivity contribution is 6.42. The van der Waals surface area contributed by atoms with Crippen molar-refractivity contribution in [2.75, 3.05) is 6.61 Å². The number of allylic oxidation sites excluding steroid dienone is 1. The SMILES string of the molecule is CCC(C)/C(C)=C\C(=N)C1=NC(c2ccc(OC(F)(F)F)cc2)CO1. The predicted molar refractivity (Wildman–Crippen MR) is 90.2 cm³/mol. The number of ether oxygens (including phenoxy) is 2. The first-order valence-electron chi connectivity index (χ1n) is 8.03. The molecular weight excluding hydrogens is 333 g/mol. The maximum Gasteiger partial charge on any atom is 0.573 e. The van der Waals surface area contributed by atoms with Crippen LogP contribution in [0.15, 0.2) is 40.9 Å². The Morgan fingerprint density at radius 1 is 1.40 bits per heavy atom. The topological polar surface area (TPSA) is 54.7 Å². The number of benzene rings is 1. The van der Waals surface area contributed by atoms with E-state index in [9.17, 15) is 13.2 Å². The molecule has 1 N–H and O–H groups in total. The quantitative estimate of drug-likeness (QED) is 0.725. The van der Waals surface area contributed by atoms with Gasteiger partial charge in [0, 0.05) is 0 Å². The Bertz CT molecular complexity index is 679. The maximum atomic E-state index is 12.2. The molecule has 2 rings (SSSR count). The van der Waals surface area contributed by atoms with Crippen LogP contribution in [0.2, 0.25) is 0 Å². The summed E-state index contributed by atoms with van der Waals surface area (Å²) in [5, 5.41) is 8.09. The lowest BCUT2D eigenvalue weighted by molar-refractivity contribution is -0.274. The van der Waals surface area contributed by atoms with Gasteiger partial charge in [-0.2, -0.15) is 0 Å². The first kappa shape index (κ1) is 19.0. The lowest BCUT2D eigenvalue weighted by Gasteiger charge is -2.10. The van der Waals surface area contributed by atoms with Gasteiger partial charge < -0.3 is 9.47 Å². The number of nitrogens with one attached hydrogen (secondary N) is 1. The molecule has 0 amide bonds. The summed E-state index contributed by atoms with van der Waals surface area (Å²) >= 11 is 0. The molecule has 2 atom stereocenters. The summed E-state index contributed by atoms with van der Waals surface area (Å²) in [6.45, 7) is 6.39. The highest BCUT2D eigenvalue weighted by Gasteiger charge is 2.31. The number of halogens is 3. The minimum Gasteiger partial charge on any atom is -0.474 e. The molecule has 0 fully saturated rings. The summed E-state index contributed by atoms with van der Waals surface area (Å²) in [7, 11) is 0. The Morgan fingerprint density at radius 3 is 2.60 bits per heavy atom. The normalized spacial score (nSPS) is 19.2. The van der Waals surface area contributed by atoms with Gasteiger partial charge in [0.1, 0.15) is 24.1 Å². The second-order valence-electron chi connectivity index (χ2n) is 5.99. The standard InChI is InChI=1S/C18H21F3N2O2/c1-4-11(2)12(3)9-15(22)17-23-16(10-24-17)13-5-7-14(8-6-13)25-18(19,20)21/h5-9,11,16,22H,4,10H2,1-3H3/b12-9-,22-15?. The Labute approximate surface area is 144 Å². The molecule has 0 radical (unpaired) electrons. The third kappa shape index (κ3) is 5.34. The van der Waals surface area contributed by atoms with Crippen molar-refractivity contribution in [3.8, 4) is 5.75 Å². The van der Waals surface area contributed by atoms with Crippen molar-refractivity contribution in [1.82, 2.24) is 0 Å². The summed E-state index contributed by atoms with van der Waals surface area (Å²) in [4.78, 5) is 4.36. The van der Waals surface area contributed by atoms with E-state index < -0.39 is 6.36 Å². The number of hydrogen-bond acceptors (Lipinski definition) is 4. The summed E-state index contributed by atoms with van der Waals surface area (Å²) < 4.78 is 45.9. The molecule has 25 heavy (non-hydrogen) atoms. The van der Waals surface area contributed by atoms with Crippen molar-refractivity contribution in [3.05, 3.63) is 41.5 Å². The zero-order valence-corrected chi connectivity index (χ0v) is 14.4. The summed E-state index contributed by atoms with van der Waals surface area (Å²) in [5.74, 6) is 0.349. The van der Waals surface area contributed by atoms with Crippen LogP contribution >= 0.6 is 0 Å². The number of hydrogen-bond donors (Lipinski definition) is 1. The molecule has 136 valence electrons. The zero-order valence-electron chi connectivity index (χ0n) is 14.4. The van der Waals surface area contributed by atoms with Crippen LogP contribution in [0.3, 0.4) is 0 Å². The lowest BCUT2D eigenvalue weighted by atomic mass is 9.99. The van der Waals surface area contributed by atoms with Gasteiger partial charge in [-0.3, -0.25) is 5.41 Å². The summed E-state index contributed by atoms with van der Waals surface area (Å²) in [6, 6.07) is 5.19. The molecule has 0 saturated carbocycles. The summed E-state index contributed by atoms with van der Waals surface area (Å²) in [5.41, 5.74) is 1.99. The highest BCUT2D eigenvalue weighted by Crippen LogP contribution is 2.28. The third-order valence-electron chi connectivity index (χ3n) is 4.14. The molecule has 7 heteroatoms. The Hall–Kier alpha value is -2.31. The van der Waals surface area contributed by atoms with Crippen LogP contribution in [0.25, 0.3) is 0 Å². The summed E-state index contributed by atoms with van der Waals surface area (Å²) in [6.07, 6.45) is -1.98. The molecule has 1 aliphatic heterocycles. The van der Waals surface area contributed by atoms with Crippen LogP contribution in [0.4, 0.5) is 13.2 Å². The van der Waals surface area contributed by atoms with E-state index in [2.05, 4.69) is 23.6 Å². The van der Waals surface area contributed by atoms with Crippen molar-refractivity contribution >= 4 is 11.6 Å². The smallest absolute Gasteiger partial charge is 0.474 e. The van der Waals surface area contributed by atoms with Gasteiger partial charge in [-0.05, 0) is 43.0 Å². The van der Waals surface area contributed by atoms with Crippen LogP contribution in [-0.4, -0.2) is 24.6 Å². The van der Waals surface area contributed by atoms with E-state index in [-0.39, 0.29) is 30.0 Å². The van der Waals surface area contributed by atoms with Gasteiger partial charge in [0.25, 0.3) is 0 Å². The first-order valence-corrected chi connectivity index (χ1v) is 8.03. The van der Waals surface area contributed by atoms with Gasteiger partial charge >= 0.3 is 6.36 Å². The molecule has 0 bridgehead atoms. The fourth-order valence-corrected chi connectivity index (χ4v) is 2.34. The van der Waals surface area contributed by atoms with Gasteiger partial charge in [-0.25, -0.2) is 4.99 Å². The maximum absolute atomic E-state index is 12.2. The van der Waals surface area contributed by atoms with Crippen LogP contribution < -0.4 is 4.74 Å². The number of rotatable bonds is 6. The Balaban J connectivity index is 2.07. The van der Waals surface area contributed by atoms with Crippen molar-refractivity contribution < 1.29 is 22.6 Å². The zero-order chi connectivity index (χ0) is 18.6. The monoisotopic (exact) mass is 354 g/mol. The second kappa shape index (κ2) is 7.72. The van der Waals surface area contributed by atoms with Crippen molar-refractivity contribution in [1.29, 1.82) is 5.41 Å². The molecule has 1 aliphatic rings. The molecule has 0 spiro atoms. The molecule has 1 aromatic carbocycles. The van der Waals surface area contributed by atoms with E-state index >= 15 is 0 Å². The average Bonchev–Trinajstić information content (AvgIpc) is 3.03. The average molecular weight is 354 g/mol. The Morgan fingerprint density at radius 2 is 2.04 bits per heavy atom. The lowest BCUT2D eigenvalue weighted by Crippen LogP contribution is -2.17. The molecular formula is C18H21F3N2O2. The molecule has 0 aromatic heterocycles. The van der Waals surface area contributed by atoms with Gasteiger partial charge in [0.05, 0.1) is 0 Å². The van der Waals surface area contributed by atoms with E-state index in [0.717, 1.165) is 12.0 Å². The molecule has 1 heterocycles. The van der Waals surface area contributed by atoms with E-state index in [4.69, 9.17) is 10.1 Å². The minimum atomic E-state index is -4.71. The number of aliphatic imine (C=N–C) groups is 1. The van der Waals surface area contributed by atoms with E-state index in [1.165, 1.54) is 24.3 Å². The van der Waals surface area contributed by atoms with Crippen LogP contribution in [0.5, 0.6) is 5.75 Å². The second-order valence-corrected chi connectivity index (χ2v) is 5.99. The van der Waals surface area contributed by atoms with Crippen molar-refractivity contribution in [2.45, 2.75) is 39.6 Å². The molecule has 0 saturated heterocycles. The van der Waals surface area contributed by atoms with Gasteiger partial charge in [0.2, 0.25) is 5.90 Å². The third-order valence-corrected chi connectivity index (χ3v) is 4.14. The first-order chi connectivity index (χ1) is 11.7. The van der Waals surface area contributed by atoms with Gasteiger partial charge in [-0.1, -0.05) is 31.6 Å². The Kier molecular flexibility index (Phi) is 5.87. The minimum absolute atomic E-state index is 0.206. The van der Waals surface area contributed by atoms with Crippen LogP contribution in [-0.2, 0) is 4.74 Å². The van der Waals surface area contributed by atoms with Gasteiger partial charge in [-0.15, -0.1) is 13.2 Å². The highest BCUT2D eigenvalue weighted by atomic mass is 19.4. The van der Waals surface area contributed by atoms with Crippen molar-refractivity contribution in [3.63, 3.8) is 0 Å². The van der Waals surface area contributed by atoms with E-state index in [0.29, 0.717) is 11.5 Å². The molecule has 1 aromatic rings. The van der Waals surface area contributed by atoms with Crippen LogP contribution in [0, 0.1) is 11.3 Å². The number of nitrogens with zero attached hydrogens (tertiary/aromatic N) is 1. The number of alkyl halides is 3. The van der Waals surface area contributed by atoms with E-state index in [1.807, 2.05) is 6.92 Å². The predicted octanol–water partition coefficient (Wildman–Crippen LogP) is 5.07.